The number of aryl methyl sites for hydroxylation is 2. The highest BCUT2D eigenvalue weighted by atomic mass is 16.3. The number of hydrogen-bond acceptors (Lipinski definition) is 5. The van der Waals surface area contributed by atoms with Gasteiger partial charge in [-0.05, 0) is 67.8 Å². The van der Waals surface area contributed by atoms with Gasteiger partial charge in [0.05, 0.1) is 12.0 Å². The summed E-state index contributed by atoms with van der Waals surface area (Å²) in [7, 11) is 0. The number of hydrogen-bond donors (Lipinski definition) is 1. The lowest BCUT2D eigenvalue weighted by Gasteiger charge is -2.17. The summed E-state index contributed by atoms with van der Waals surface area (Å²) in [5.41, 5.74) is 7.25. The molecule has 5 nitrogen and oxygen atoms in total. The fourth-order valence-electron chi connectivity index (χ4n) is 3.88. The Hall–Kier alpha value is -3.99. The molecule has 0 aliphatic carbocycles. The Morgan fingerprint density at radius 1 is 0.969 bits per heavy atom. The number of anilines is 1. The normalized spacial score (nSPS) is 12.1. The summed E-state index contributed by atoms with van der Waals surface area (Å²) in [6.07, 6.45) is 5.30. The molecule has 2 aromatic carbocycles. The van der Waals surface area contributed by atoms with Gasteiger partial charge < -0.3 is 9.73 Å². The van der Waals surface area contributed by atoms with Gasteiger partial charge in [0.1, 0.15) is 17.2 Å². The van der Waals surface area contributed by atoms with Crippen LogP contribution < -0.4 is 5.32 Å². The molecule has 0 unspecified atom stereocenters. The van der Waals surface area contributed by atoms with Crippen LogP contribution in [0.15, 0.2) is 77.7 Å². The molecule has 0 spiro atoms. The van der Waals surface area contributed by atoms with Crippen LogP contribution in [0, 0.1) is 19.9 Å². The van der Waals surface area contributed by atoms with Gasteiger partial charge in [0.25, 0.3) is 0 Å². The first-order chi connectivity index (χ1) is 15.6. The molecule has 3 heterocycles. The predicted octanol–water partition coefficient (Wildman–Crippen LogP) is 6.54. The molecule has 5 rings (SSSR count). The second-order valence-corrected chi connectivity index (χ2v) is 7.98. The highest BCUT2D eigenvalue weighted by Gasteiger charge is 2.12. The van der Waals surface area contributed by atoms with E-state index in [0.717, 1.165) is 50.6 Å². The van der Waals surface area contributed by atoms with Crippen molar-refractivity contribution in [2.75, 3.05) is 5.32 Å². The minimum Gasteiger partial charge on any atom is -0.464 e. The number of rotatable bonds is 5. The van der Waals surface area contributed by atoms with Crippen LogP contribution in [0.1, 0.15) is 29.9 Å². The van der Waals surface area contributed by atoms with Gasteiger partial charge in [0.2, 0.25) is 0 Å². The van der Waals surface area contributed by atoms with Crippen molar-refractivity contribution in [3.8, 4) is 22.4 Å². The fourth-order valence-corrected chi connectivity index (χ4v) is 3.88. The summed E-state index contributed by atoms with van der Waals surface area (Å²) in [5, 5.41) is 4.64. The van der Waals surface area contributed by atoms with Gasteiger partial charge in [0.15, 0.2) is 0 Å². The number of benzene rings is 2. The van der Waals surface area contributed by atoms with Crippen molar-refractivity contribution in [2.24, 2.45) is 0 Å². The van der Waals surface area contributed by atoms with Crippen LogP contribution in [0.3, 0.4) is 0 Å². The second-order valence-electron chi connectivity index (χ2n) is 7.98. The molecule has 3 aromatic heterocycles. The van der Waals surface area contributed by atoms with Crippen molar-refractivity contribution in [2.45, 2.75) is 26.8 Å². The average Bonchev–Trinajstić information content (AvgIpc) is 3.19. The molecule has 1 N–H and O–H groups in total. The number of pyridine rings is 1. The topological polar surface area (TPSA) is 63.8 Å². The minimum atomic E-state index is 0.0661. The molecule has 0 bridgehead atoms. The summed E-state index contributed by atoms with van der Waals surface area (Å²) >= 11 is 0. The van der Waals surface area contributed by atoms with Gasteiger partial charge in [0, 0.05) is 47.1 Å². The molecule has 0 saturated carbocycles. The molecule has 157 valence electrons. The molecule has 0 saturated heterocycles. The first-order valence-corrected chi connectivity index (χ1v) is 10.6. The highest BCUT2D eigenvalue weighted by Crippen LogP contribution is 2.29. The van der Waals surface area contributed by atoms with Gasteiger partial charge in [-0.15, -0.1) is 0 Å². The number of nitrogens with zero attached hydrogens (tertiary/aromatic N) is 3. The maximum atomic E-state index is 5.58. The van der Waals surface area contributed by atoms with Crippen molar-refractivity contribution < 1.29 is 4.42 Å². The van der Waals surface area contributed by atoms with Crippen molar-refractivity contribution in [1.82, 2.24) is 15.0 Å². The Morgan fingerprint density at radius 2 is 1.88 bits per heavy atom. The SMILES string of the molecule is Cc1nc(N[C@@H](C)c2cccc(-c3c[c]cnc3)c2)cc(-c2ccc3occ(C)c3c2)n1. The van der Waals surface area contributed by atoms with E-state index in [1.54, 1.807) is 12.5 Å². The van der Waals surface area contributed by atoms with Crippen molar-refractivity contribution in [1.29, 1.82) is 0 Å². The Morgan fingerprint density at radius 3 is 2.72 bits per heavy atom. The molecule has 0 amide bonds. The van der Waals surface area contributed by atoms with Crippen LogP contribution in [0.25, 0.3) is 33.4 Å². The summed E-state index contributed by atoms with van der Waals surface area (Å²) in [5.74, 6) is 1.52. The van der Waals surface area contributed by atoms with Gasteiger partial charge >= 0.3 is 0 Å². The van der Waals surface area contributed by atoms with Crippen LogP contribution in [-0.4, -0.2) is 15.0 Å². The standard InChI is InChI=1S/C27H23N4O/c1-17-16-32-26-10-9-22(13-24(17)26)25-14-27(31-19(3)30-25)29-18(2)20-6-4-7-21(12-20)23-8-5-11-28-15-23/h4,6-16,18H,1-3H3,(H,29,30,31)/t18-/m0/s1. The highest BCUT2D eigenvalue weighted by molar-refractivity contribution is 5.85. The van der Waals surface area contributed by atoms with E-state index in [0.29, 0.717) is 0 Å². The van der Waals surface area contributed by atoms with E-state index in [9.17, 15) is 0 Å². The zero-order valence-corrected chi connectivity index (χ0v) is 18.3. The van der Waals surface area contributed by atoms with Crippen LogP contribution in [0.5, 0.6) is 0 Å². The molecule has 5 aromatic rings. The van der Waals surface area contributed by atoms with Gasteiger partial charge in [-0.3, -0.25) is 4.98 Å². The quantitative estimate of drug-likeness (QED) is 0.350. The average molecular weight is 420 g/mol. The third-order valence-electron chi connectivity index (χ3n) is 5.59. The smallest absolute Gasteiger partial charge is 0.134 e. The maximum absolute atomic E-state index is 5.58. The lowest BCUT2D eigenvalue weighted by Crippen LogP contribution is -2.09. The monoisotopic (exact) mass is 419 g/mol. The third kappa shape index (κ3) is 3.97. The van der Waals surface area contributed by atoms with E-state index >= 15 is 0 Å². The van der Waals surface area contributed by atoms with Gasteiger partial charge in [-0.25, -0.2) is 9.97 Å². The third-order valence-corrected chi connectivity index (χ3v) is 5.59. The molecule has 0 fully saturated rings. The van der Waals surface area contributed by atoms with E-state index in [1.165, 1.54) is 5.56 Å². The number of fused-ring (bicyclic) bond motifs is 1. The van der Waals surface area contributed by atoms with Crippen LogP contribution in [-0.2, 0) is 0 Å². The molecule has 0 aliphatic rings. The molecular formula is C27H23N4O. The van der Waals surface area contributed by atoms with E-state index in [1.807, 2.05) is 44.3 Å². The predicted molar refractivity (Wildman–Crippen MR) is 127 cm³/mol. The van der Waals surface area contributed by atoms with Crippen LogP contribution in [0.2, 0.25) is 0 Å². The van der Waals surface area contributed by atoms with Crippen molar-refractivity contribution in [3.63, 3.8) is 0 Å². The molecular weight excluding hydrogens is 396 g/mol. The largest absolute Gasteiger partial charge is 0.464 e. The first-order valence-electron chi connectivity index (χ1n) is 10.6. The van der Waals surface area contributed by atoms with E-state index < -0.39 is 0 Å². The second kappa shape index (κ2) is 8.27. The lowest BCUT2D eigenvalue weighted by molar-refractivity contribution is 0.613. The Kier molecular flexibility index (Phi) is 5.15. The van der Waals surface area contributed by atoms with E-state index in [-0.39, 0.29) is 6.04 Å². The molecule has 1 atom stereocenters. The molecule has 0 aliphatic heterocycles. The van der Waals surface area contributed by atoms with Gasteiger partial charge in [-0.2, -0.15) is 0 Å². The molecule has 1 radical (unpaired) electrons. The van der Waals surface area contributed by atoms with Crippen LogP contribution in [0.4, 0.5) is 5.82 Å². The maximum Gasteiger partial charge on any atom is 0.134 e. The van der Waals surface area contributed by atoms with Crippen molar-refractivity contribution >= 4 is 16.8 Å². The zero-order chi connectivity index (χ0) is 22.1. The minimum absolute atomic E-state index is 0.0661. The lowest BCUT2D eigenvalue weighted by atomic mass is 10.0. The summed E-state index contributed by atoms with van der Waals surface area (Å²) in [6, 6.07) is 21.6. The Bertz CT molecular complexity index is 1390. The number of aromatic nitrogens is 3. The van der Waals surface area contributed by atoms with Crippen molar-refractivity contribution in [3.05, 3.63) is 96.3 Å². The van der Waals surface area contributed by atoms with Gasteiger partial charge in [-0.1, -0.05) is 18.2 Å². The zero-order valence-electron chi connectivity index (χ0n) is 18.3. The Labute approximate surface area is 187 Å². The number of furan rings is 1. The first kappa shape index (κ1) is 19.9. The molecule has 32 heavy (non-hydrogen) atoms. The summed E-state index contributed by atoms with van der Waals surface area (Å²) in [6.45, 7) is 6.10. The fraction of sp³-hybridized carbons (Fsp3) is 0.148. The summed E-state index contributed by atoms with van der Waals surface area (Å²) in [4.78, 5) is 13.5. The molecule has 5 heteroatoms. The van der Waals surface area contributed by atoms with E-state index in [2.05, 4.69) is 63.6 Å². The number of nitrogens with one attached hydrogen (secondary N) is 1. The van der Waals surface area contributed by atoms with Crippen LogP contribution >= 0.6 is 0 Å². The van der Waals surface area contributed by atoms with E-state index in [4.69, 9.17) is 4.42 Å². The summed E-state index contributed by atoms with van der Waals surface area (Å²) < 4.78 is 5.58. The Balaban J connectivity index is 1.43.